The lowest BCUT2D eigenvalue weighted by atomic mass is 10.00. The number of hydrogen-bond acceptors (Lipinski definition) is 3. The van der Waals surface area contributed by atoms with E-state index in [0.29, 0.717) is 6.54 Å². The number of nitrogens with zero attached hydrogens (tertiary/aromatic N) is 4. The normalized spacial score (nSPS) is 17.5. The van der Waals surface area contributed by atoms with Gasteiger partial charge in [0.2, 0.25) is 5.91 Å². The monoisotopic (exact) mass is 301 g/mol. The van der Waals surface area contributed by atoms with Crippen molar-refractivity contribution in [1.29, 1.82) is 0 Å². The van der Waals surface area contributed by atoms with E-state index >= 15 is 0 Å². The van der Waals surface area contributed by atoms with Crippen molar-refractivity contribution in [3.8, 4) is 0 Å². The van der Waals surface area contributed by atoms with Crippen LogP contribution in [0.2, 0.25) is 0 Å². The summed E-state index contributed by atoms with van der Waals surface area (Å²) in [5.41, 5.74) is -0.279. The molecule has 0 saturated heterocycles. The summed E-state index contributed by atoms with van der Waals surface area (Å²) in [7, 11) is 1.96. The number of aromatic nitrogens is 4. The van der Waals surface area contributed by atoms with E-state index in [2.05, 4.69) is 29.1 Å². The summed E-state index contributed by atoms with van der Waals surface area (Å²) < 4.78 is 3.96. The number of amides is 1. The Labute approximate surface area is 130 Å². The maximum Gasteiger partial charge on any atom is 0.228 e. The predicted molar refractivity (Wildman–Crippen MR) is 82.8 cm³/mol. The minimum absolute atomic E-state index is 0.0623. The maximum absolute atomic E-state index is 12.8. The number of imidazole rings is 2. The standard InChI is InChI=1S/C16H23N5O/c1-12(2)13(14-18-7-8-20(14)3)19-15(22)16(4-5-16)10-21-9-6-17-11-21/h6-9,11-13H,4-5,10H2,1-3H3,(H,19,22)/t13-/m1/s1. The lowest BCUT2D eigenvalue weighted by Gasteiger charge is -2.25. The minimum Gasteiger partial charge on any atom is -0.345 e. The Morgan fingerprint density at radius 1 is 1.36 bits per heavy atom. The van der Waals surface area contributed by atoms with Crippen LogP contribution in [0.4, 0.5) is 0 Å². The van der Waals surface area contributed by atoms with Crippen molar-refractivity contribution >= 4 is 5.91 Å². The molecule has 2 aromatic heterocycles. The summed E-state index contributed by atoms with van der Waals surface area (Å²) in [6.07, 6.45) is 11.0. The Hall–Kier alpha value is -2.11. The molecule has 0 bridgehead atoms. The zero-order valence-electron chi connectivity index (χ0n) is 13.4. The van der Waals surface area contributed by atoms with Crippen molar-refractivity contribution in [1.82, 2.24) is 24.4 Å². The molecular formula is C16H23N5O. The Bertz CT molecular complexity index is 639. The third-order valence-corrected chi connectivity index (χ3v) is 4.47. The third-order valence-electron chi connectivity index (χ3n) is 4.47. The van der Waals surface area contributed by atoms with Gasteiger partial charge in [0.25, 0.3) is 0 Å². The van der Waals surface area contributed by atoms with Crippen molar-refractivity contribution in [3.63, 3.8) is 0 Å². The smallest absolute Gasteiger partial charge is 0.228 e. The van der Waals surface area contributed by atoms with Gasteiger partial charge in [-0.05, 0) is 18.8 Å². The van der Waals surface area contributed by atoms with E-state index in [4.69, 9.17) is 0 Å². The first kappa shape index (κ1) is 14.8. The van der Waals surface area contributed by atoms with Crippen LogP contribution in [0, 0.1) is 11.3 Å². The van der Waals surface area contributed by atoms with Gasteiger partial charge < -0.3 is 14.5 Å². The Morgan fingerprint density at radius 3 is 2.64 bits per heavy atom. The van der Waals surface area contributed by atoms with Gasteiger partial charge in [-0.15, -0.1) is 0 Å². The quantitative estimate of drug-likeness (QED) is 0.886. The van der Waals surface area contributed by atoms with Gasteiger partial charge in [-0.25, -0.2) is 9.97 Å². The van der Waals surface area contributed by atoms with Gasteiger partial charge in [-0.3, -0.25) is 4.79 Å². The van der Waals surface area contributed by atoms with Crippen molar-refractivity contribution in [3.05, 3.63) is 36.9 Å². The molecule has 0 unspecified atom stereocenters. The van der Waals surface area contributed by atoms with Gasteiger partial charge in [0.05, 0.1) is 17.8 Å². The Balaban J connectivity index is 1.73. The summed E-state index contributed by atoms with van der Waals surface area (Å²) in [4.78, 5) is 21.2. The second-order valence-electron chi connectivity index (χ2n) is 6.61. The molecule has 6 heteroatoms. The molecule has 1 aliphatic rings. The van der Waals surface area contributed by atoms with Crippen LogP contribution >= 0.6 is 0 Å². The molecule has 6 nitrogen and oxygen atoms in total. The molecule has 0 radical (unpaired) electrons. The highest BCUT2D eigenvalue weighted by Gasteiger charge is 2.50. The van der Waals surface area contributed by atoms with E-state index in [0.717, 1.165) is 18.7 Å². The Kier molecular flexibility index (Phi) is 3.76. The molecule has 0 spiro atoms. The topological polar surface area (TPSA) is 64.7 Å². The second kappa shape index (κ2) is 5.59. The maximum atomic E-state index is 12.8. The van der Waals surface area contributed by atoms with E-state index in [9.17, 15) is 4.79 Å². The summed E-state index contributed by atoms with van der Waals surface area (Å²) >= 11 is 0. The molecule has 1 amide bonds. The first-order valence-electron chi connectivity index (χ1n) is 7.76. The van der Waals surface area contributed by atoms with Gasteiger partial charge in [0.15, 0.2) is 0 Å². The number of carbonyl (C=O) groups excluding carboxylic acids is 1. The average Bonchev–Trinajstić information content (AvgIpc) is 2.87. The molecule has 2 aromatic rings. The van der Waals surface area contributed by atoms with E-state index in [1.165, 1.54) is 0 Å². The number of nitrogens with one attached hydrogen (secondary N) is 1. The van der Waals surface area contributed by atoms with Crippen LogP contribution in [0.1, 0.15) is 38.6 Å². The summed E-state index contributed by atoms with van der Waals surface area (Å²) in [6.45, 7) is 4.91. The molecule has 3 rings (SSSR count). The number of aryl methyl sites for hydroxylation is 1. The first-order chi connectivity index (χ1) is 10.5. The molecule has 1 fully saturated rings. The molecule has 1 N–H and O–H groups in total. The fourth-order valence-electron chi connectivity index (χ4n) is 2.84. The number of carbonyl (C=O) groups is 1. The van der Waals surface area contributed by atoms with Crippen molar-refractivity contribution < 1.29 is 4.79 Å². The second-order valence-corrected chi connectivity index (χ2v) is 6.61. The van der Waals surface area contributed by atoms with Crippen LogP contribution in [0.5, 0.6) is 0 Å². The lowest BCUT2D eigenvalue weighted by molar-refractivity contribution is -0.128. The lowest BCUT2D eigenvalue weighted by Crippen LogP contribution is -2.39. The van der Waals surface area contributed by atoms with Crippen molar-refractivity contribution in [2.45, 2.75) is 39.3 Å². The zero-order chi connectivity index (χ0) is 15.7. The summed E-state index contributed by atoms with van der Waals surface area (Å²) in [5, 5.41) is 3.22. The predicted octanol–water partition coefficient (Wildman–Crippen LogP) is 1.91. The summed E-state index contributed by atoms with van der Waals surface area (Å²) in [5.74, 6) is 1.32. The third kappa shape index (κ3) is 2.77. The van der Waals surface area contributed by atoms with Crippen LogP contribution in [-0.4, -0.2) is 25.0 Å². The Morgan fingerprint density at radius 2 is 2.14 bits per heavy atom. The number of hydrogen-bond donors (Lipinski definition) is 1. The molecule has 1 atom stereocenters. The molecule has 118 valence electrons. The van der Waals surface area contributed by atoms with Gasteiger partial charge in [-0.1, -0.05) is 13.8 Å². The van der Waals surface area contributed by atoms with Gasteiger partial charge in [-0.2, -0.15) is 0 Å². The fourth-order valence-corrected chi connectivity index (χ4v) is 2.84. The van der Waals surface area contributed by atoms with Crippen LogP contribution in [-0.2, 0) is 18.4 Å². The van der Waals surface area contributed by atoms with Gasteiger partial charge in [0.1, 0.15) is 5.82 Å². The molecule has 1 saturated carbocycles. The van der Waals surface area contributed by atoms with Gasteiger partial charge >= 0.3 is 0 Å². The van der Waals surface area contributed by atoms with Gasteiger partial charge in [0, 0.05) is 38.4 Å². The highest BCUT2D eigenvalue weighted by Crippen LogP contribution is 2.47. The number of rotatable bonds is 6. The first-order valence-corrected chi connectivity index (χ1v) is 7.76. The van der Waals surface area contributed by atoms with Crippen molar-refractivity contribution in [2.24, 2.45) is 18.4 Å². The SMILES string of the molecule is CC(C)[C@@H](NC(=O)C1(Cn2ccnc2)CC1)c1nccn1C. The molecule has 2 heterocycles. The molecular weight excluding hydrogens is 278 g/mol. The van der Waals surface area contributed by atoms with E-state index in [1.807, 2.05) is 28.6 Å². The molecule has 0 aliphatic heterocycles. The highest BCUT2D eigenvalue weighted by molar-refractivity contribution is 5.85. The largest absolute Gasteiger partial charge is 0.345 e. The zero-order valence-corrected chi connectivity index (χ0v) is 13.4. The molecule has 0 aromatic carbocycles. The molecule has 22 heavy (non-hydrogen) atoms. The summed E-state index contributed by atoms with van der Waals surface area (Å²) in [6, 6.07) is -0.0623. The fraction of sp³-hybridized carbons (Fsp3) is 0.562. The highest BCUT2D eigenvalue weighted by atomic mass is 16.2. The molecule has 1 aliphatic carbocycles. The van der Waals surface area contributed by atoms with Crippen LogP contribution in [0.3, 0.4) is 0 Å². The average molecular weight is 301 g/mol. The van der Waals surface area contributed by atoms with E-state index < -0.39 is 0 Å². The minimum atomic E-state index is -0.279. The van der Waals surface area contributed by atoms with Crippen LogP contribution in [0.15, 0.2) is 31.1 Å². The van der Waals surface area contributed by atoms with E-state index in [1.54, 1.807) is 18.7 Å². The van der Waals surface area contributed by atoms with Crippen LogP contribution in [0.25, 0.3) is 0 Å². The van der Waals surface area contributed by atoms with Crippen molar-refractivity contribution in [2.75, 3.05) is 0 Å². The van der Waals surface area contributed by atoms with Crippen LogP contribution < -0.4 is 5.32 Å². The van der Waals surface area contributed by atoms with E-state index in [-0.39, 0.29) is 23.3 Å².